The number of nitrogens with zero attached hydrogens (tertiary/aromatic N) is 1. The van der Waals surface area contributed by atoms with Gasteiger partial charge in [-0.3, -0.25) is 14.5 Å². The lowest BCUT2D eigenvalue weighted by atomic mass is 9.94. The maximum Gasteiger partial charge on any atom is 0.418 e. The van der Waals surface area contributed by atoms with E-state index in [4.69, 9.17) is 0 Å². The third kappa shape index (κ3) is 4.12. The van der Waals surface area contributed by atoms with Crippen molar-refractivity contribution in [2.24, 2.45) is 0 Å². The van der Waals surface area contributed by atoms with Crippen LogP contribution in [0.4, 0.5) is 18.9 Å². The molecule has 2 heterocycles. The standard InChI is InChI=1S/C17H20F3N3O2/c18-17(19,20)13-6-1-2-7-14(13)22-16(25)10-23-11-4-3-5-12(23)9-21-15(24)8-11/h1-2,6-7,11-12H,3-5,8-10H2,(H,21,24)(H,22,25). The van der Waals surface area contributed by atoms with Crippen LogP contribution in [0.3, 0.4) is 0 Å². The summed E-state index contributed by atoms with van der Waals surface area (Å²) in [5.41, 5.74) is -1.11. The highest BCUT2D eigenvalue weighted by Gasteiger charge is 2.37. The van der Waals surface area contributed by atoms with Crippen LogP contribution in [0.5, 0.6) is 0 Å². The van der Waals surface area contributed by atoms with Crippen molar-refractivity contribution in [3.63, 3.8) is 0 Å². The van der Waals surface area contributed by atoms with Gasteiger partial charge in [-0.05, 0) is 25.0 Å². The number of nitrogens with one attached hydrogen (secondary N) is 2. The largest absolute Gasteiger partial charge is 0.418 e. The van der Waals surface area contributed by atoms with Gasteiger partial charge < -0.3 is 10.6 Å². The third-order valence-electron chi connectivity index (χ3n) is 4.80. The van der Waals surface area contributed by atoms with Gasteiger partial charge in [-0.15, -0.1) is 0 Å². The van der Waals surface area contributed by atoms with E-state index >= 15 is 0 Å². The van der Waals surface area contributed by atoms with Crippen molar-refractivity contribution in [3.8, 4) is 0 Å². The number of rotatable bonds is 3. The van der Waals surface area contributed by atoms with Gasteiger partial charge in [0, 0.05) is 25.0 Å². The Morgan fingerprint density at radius 2 is 1.96 bits per heavy atom. The van der Waals surface area contributed by atoms with Gasteiger partial charge in [0.25, 0.3) is 0 Å². The molecule has 25 heavy (non-hydrogen) atoms. The van der Waals surface area contributed by atoms with E-state index in [1.807, 2.05) is 4.90 Å². The zero-order valence-electron chi connectivity index (χ0n) is 13.6. The second-order valence-electron chi connectivity index (χ2n) is 6.51. The number of fused-ring (bicyclic) bond motifs is 2. The van der Waals surface area contributed by atoms with Crippen molar-refractivity contribution in [2.75, 3.05) is 18.4 Å². The van der Waals surface area contributed by atoms with E-state index in [0.29, 0.717) is 13.0 Å². The molecule has 8 heteroatoms. The summed E-state index contributed by atoms with van der Waals surface area (Å²) >= 11 is 0. The predicted molar refractivity (Wildman–Crippen MR) is 85.8 cm³/mol. The number of carbonyl (C=O) groups is 2. The number of benzene rings is 1. The molecule has 5 nitrogen and oxygen atoms in total. The number of anilines is 1. The molecule has 0 spiro atoms. The molecule has 2 aliphatic rings. The summed E-state index contributed by atoms with van der Waals surface area (Å²) < 4.78 is 39.1. The first-order chi connectivity index (χ1) is 11.8. The predicted octanol–water partition coefficient (Wildman–Crippen LogP) is 2.39. The SMILES string of the molecule is O=C1CC2CCCC(CN1)N2CC(=O)Nc1ccccc1C(F)(F)F. The molecule has 0 aromatic heterocycles. The lowest BCUT2D eigenvalue weighted by molar-refractivity contribution is -0.137. The van der Waals surface area contributed by atoms with E-state index in [0.717, 1.165) is 25.3 Å². The van der Waals surface area contributed by atoms with Crippen LogP contribution in [-0.4, -0.2) is 41.9 Å². The smallest absolute Gasteiger partial charge is 0.354 e. The maximum absolute atomic E-state index is 13.0. The van der Waals surface area contributed by atoms with Crippen LogP contribution >= 0.6 is 0 Å². The Kier molecular flexibility index (Phi) is 4.99. The van der Waals surface area contributed by atoms with E-state index in [-0.39, 0.29) is 30.2 Å². The Morgan fingerprint density at radius 1 is 1.24 bits per heavy atom. The van der Waals surface area contributed by atoms with E-state index in [2.05, 4.69) is 10.6 Å². The molecule has 2 saturated heterocycles. The van der Waals surface area contributed by atoms with Gasteiger partial charge in [-0.2, -0.15) is 13.2 Å². The van der Waals surface area contributed by atoms with Gasteiger partial charge in [0.2, 0.25) is 11.8 Å². The van der Waals surface area contributed by atoms with Crippen LogP contribution < -0.4 is 10.6 Å². The summed E-state index contributed by atoms with van der Waals surface area (Å²) in [5.74, 6) is -0.537. The number of para-hydroxylation sites is 1. The maximum atomic E-state index is 13.0. The van der Waals surface area contributed by atoms with Crippen molar-refractivity contribution in [1.29, 1.82) is 0 Å². The number of amides is 2. The van der Waals surface area contributed by atoms with Crippen LogP contribution in [-0.2, 0) is 15.8 Å². The number of hydrogen-bond donors (Lipinski definition) is 2. The van der Waals surface area contributed by atoms with Crippen molar-refractivity contribution < 1.29 is 22.8 Å². The van der Waals surface area contributed by atoms with Gasteiger partial charge in [0.15, 0.2) is 0 Å². The lowest BCUT2D eigenvalue weighted by Crippen LogP contribution is -2.50. The van der Waals surface area contributed by atoms with E-state index < -0.39 is 17.6 Å². The molecule has 1 aromatic rings. The first-order valence-electron chi connectivity index (χ1n) is 8.33. The molecule has 0 saturated carbocycles. The van der Waals surface area contributed by atoms with Crippen molar-refractivity contribution >= 4 is 17.5 Å². The molecule has 2 N–H and O–H groups in total. The summed E-state index contributed by atoms with van der Waals surface area (Å²) in [6.45, 7) is 0.457. The first-order valence-corrected chi connectivity index (χ1v) is 8.33. The zero-order chi connectivity index (χ0) is 18.0. The zero-order valence-corrected chi connectivity index (χ0v) is 13.6. The number of hydrogen-bond acceptors (Lipinski definition) is 3. The van der Waals surface area contributed by atoms with Crippen molar-refractivity contribution in [1.82, 2.24) is 10.2 Å². The highest BCUT2D eigenvalue weighted by Crippen LogP contribution is 2.34. The van der Waals surface area contributed by atoms with E-state index in [9.17, 15) is 22.8 Å². The molecule has 2 amide bonds. The summed E-state index contributed by atoms with van der Waals surface area (Å²) in [6, 6.07) is 4.94. The Hall–Kier alpha value is -2.09. The molecule has 2 bridgehead atoms. The number of carbonyl (C=O) groups excluding carboxylic acids is 2. The summed E-state index contributed by atoms with van der Waals surface area (Å²) in [5, 5.41) is 5.22. The van der Waals surface area contributed by atoms with Gasteiger partial charge in [0.1, 0.15) is 0 Å². The van der Waals surface area contributed by atoms with Crippen LogP contribution in [0, 0.1) is 0 Å². The van der Waals surface area contributed by atoms with Crippen molar-refractivity contribution in [3.05, 3.63) is 29.8 Å². The van der Waals surface area contributed by atoms with Crippen LogP contribution in [0.2, 0.25) is 0 Å². The quantitative estimate of drug-likeness (QED) is 0.875. The number of piperidine rings is 1. The fourth-order valence-corrected chi connectivity index (χ4v) is 3.63. The number of halogens is 3. The van der Waals surface area contributed by atoms with Gasteiger partial charge in [-0.1, -0.05) is 18.6 Å². The summed E-state index contributed by atoms with van der Waals surface area (Å²) in [6.07, 6.45) is -1.54. The molecule has 3 rings (SSSR count). The molecule has 2 atom stereocenters. The minimum atomic E-state index is -4.53. The summed E-state index contributed by atoms with van der Waals surface area (Å²) in [4.78, 5) is 26.1. The molecule has 2 fully saturated rings. The first kappa shape index (κ1) is 17.7. The summed E-state index contributed by atoms with van der Waals surface area (Å²) in [7, 11) is 0. The molecule has 2 aliphatic heterocycles. The highest BCUT2D eigenvalue weighted by atomic mass is 19.4. The molecular weight excluding hydrogens is 335 g/mol. The average Bonchev–Trinajstić information content (AvgIpc) is 2.62. The minimum absolute atomic E-state index is 0.0174. The van der Waals surface area contributed by atoms with Gasteiger partial charge >= 0.3 is 6.18 Å². The molecule has 2 unspecified atom stereocenters. The molecule has 136 valence electrons. The lowest BCUT2D eigenvalue weighted by Gasteiger charge is -2.39. The topological polar surface area (TPSA) is 61.4 Å². The Morgan fingerprint density at radius 3 is 2.72 bits per heavy atom. The molecular formula is C17H20F3N3O2. The van der Waals surface area contributed by atoms with Crippen LogP contribution in [0.1, 0.15) is 31.2 Å². The monoisotopic (exact) mass is 355 g/mol. The van der Waals surface area contributed by atoms with Gasteiger partial charge in [-0.25, -0.2) is 0 Å². The fraction of sp³-hybridized carbons (Fsp3) is 0.529. The number of alkyl halides is 3. The molecule has 0 aliphatic carbocycles. The average molecular weight is 355 g/mol. The minimum Gasteiger partial charge on any atom is -0.354 e. The highest BCUT2D eigenvalue weighted by molar-refractivity contribution is 5.93. The van der Waals surface area contributed by atoms with Crippen LogP contribution in [0.15, 0.2) is 24.3 Å². The third-order valence-corrected chi connectivity index (χ3v) is 4.80. The fourth-order valence-electron chi connectivity index (χ4n) is 3.63. The van der Waals surface area contributed by atoms with Gasteiger partial charge in [0.05, 0.1) is 17.8 Å². The second kappa shape index (κ2) is 7.03. The molecule has 0 radical (unpaired) electrons. The van der Waals surface area contributed by atoms with E-state index in [1.165, 1.54) is 18.2 Å². The molecule has 1 aromatic carbocycles. The Bertz CT molecular complexity index is 663. The Balaban J connectivity index is 1.72. The normalized spacial score (nSPS) is 24.4. The second-order valence-corrected chi connectivity index (χ2v) is 6.51. The van der Waals surface area contributed by atoms with E-state index in [1.54, 1.807) is 0 Å². The van der Waals surface area contributed by atoms with Crippen molar-refractivity contribution in [2.45, 2.75) is 43.9 Å². The van der Waals surface area contributed by atoms with Crippen LogP contribution in [0.25, 0.3) is 0 Å². The Labute approximate surface area is 143 Å².